The molecule has 0 aliphatic heterocycles. The number of hydrazine groups is 1. The fraction of sp³-hybridized carbons (Fsp3) is 0. The maximum atomic E-state index is 9.88. The molecule has 0 saturated carbocycles. The summed E-state index contributed by atoms with van der Waals surface area (Å²) in [6, 6.07) is 0. The fourth-order valence-electron chi connectivity index (χ4n) is 0. The van der Waals surface area contributed by atoms with E-state index < -0.39 is 6.00 Å². The van der Waals surface area contributed by atoms with Gasteiger partial charge in [-0.1, -0.05) is 0 Å². The van der Waals surface area contributed by atoms with Crippen LogP contribution in [0.5, 0.6) is 0 Å². The topological polar surface area (TPSA) is 55.1 Å². The van der Waals surface area contributed by atoms with Crippen molar-refractivity contribution in [3.05, 3.63) is 0 Å². The molecular weight excluding hydrogens is 146 g/mol. The molecule has 0 fully saturated rings. The van der Waals surface area contributed by atoms with E-state index in [0.717, 1.165) is 0 Å². The summed E-state index contributed by atoms with van der Waals surface area (Å²) < 4.78 is 9.88. The van der Waals surface area contributed by atoms with Gasteiger partial charge in [0, 0.05) is 0 Å². The van der Waals surface area contributed by atoms with Crippen molar-refractivity contribution in [2.45, 2.75) is 0 Å². The number of rotatable bonds is 1. The molecule has 0 unspecified atom stereocenters. The largest absolute Gasteiger partial charge is 0.332 e. The highest BCUT2D eigenvalue weighted by molar-refractivity contribution is 8.07. The van der Waals surface area contributed by atoms with Gasteiger partial charge in [0.1, 0.15) is 0 Å². The summed E-state index contributed by atoms with van der Waals surface area (Å²) in [5, 5.41) is 1.69. The van der Waals surface area contributed by atoms with Crippen molar-refractivity contribution < 1.29 is 4.57 Å². The van der Waals surface area contributed by atoms with Crippen LogP contribution in [0.3, 0.4) is 0 Å². The van der Waals surface area contributed by atoms with Crippen LogP contribution >= 0.6 is 28.5 Å². The molecule has 0 bridgehead atoms. The summed E-state index contributed by atoms with van der Waals surface area (Å²) in [5.74, 6) is 1.35. The van der Waals surface area contributed by atoms with Gasteiger partial charge < -0.3 is 0 Å². The average Bonchev–Trinajstić information content (AvgIpc) is 1.35. The Balaban J connectivity index is 3.48. The minimum Gasteiger partial charge on any atom is -0.270 e. The number of hydrogen-bond donors (Lipinski definition) is 2. The Bertz CT molecular complexity index is 75.6. The summed E-state index contributed by atoms with van der Waals surface area (Å²) in [6.45, 7) is 0. The first kappa shape index (κ1) is 6.73. The monoisotopic (exact) mass is 148 g/mol. The molecule has 0 rings (SSSR count). The summed E-state index contributed by atoms with van der Waals surface area (Å²) in [5.41, 5.74) is 0. The summed E-state index contributed by atoms with van der Waals surface area (Å²) in [6.07, 6.45) is 0. The van der Waals surface area contributed by atoms with Crippen LogP contribution in [0, 0.1) is 0 Å². The fourth-order valence-corrected chi connectivity index (χ4v) is 0. The van der Waals surface area contributed by atoms with E-state index in [2.05, 4.69) is 5.84 Å². The van der Waals surface area contributed by atoms with Crippen LogP contribution in [0.1, 0.15) is 0 Å². The van der Waals surface area contributed by atoms with Gasteiger partial charge in [0.15, 0.2) is 0 Å². The first-order valence-corrected chi connectivity index (χ1v) is 4.55. The van der Waals surface area contributed by atoms with Gasteiger partial charge in [-0.25, -0.2) is 0 Å². The number of nitrogens with two attached hydrogens (primary N) is 1. The summed E-state index contributed by atoms with van der Waals surface area (Å²) in [4.78, 5) is 0. The highest BCUT2D eigenvalue weighted by atomic mass is 35.9. The van der Waals surface area contributed by atoms with Gasteiger partial charge >= 0.3 is 6.00 Å². The van der Waals surface area contributed by atoms with E-state index in [1.807, 2.05) is 0 Å². The number of nitrogens with one attached hydrogen (secondary N) is 1. The zero-order chi connectivity index (χ0) is 5.21. The highest BCUT2D eigenvalue weighted by Crippen LogP contribution is 2.50. The molecule has 0 aliphatic rings. The molecule has 0 aromatic carbocycles. The molecule has 0 aromatic heterocycles. The second kappa shape index (κ2) is 2.15. The second-order valence-electron chi connectivity index (χ2n) is 0.591. The Morgan fingerprint density at radius 2 is 1.83 bits per heavy atom. The molecule has 6 heavy (non-hydrogen) atoms. The van der Waals surface area contributed by atoms with Crippen molar-refractivity contribution in [3.8, 4) is 0 Å². The Morgan fingerprint density at radius 1 is 1.67 bits per heavy atom. The minimum absolute atomic E-state index is 1.69. The maximum absolute atomic E-state index is 9.88. The average molecular weight is 149 g/mol. The van der Waals surface area contributed by atoms with Crippen LogP contribution in [0.4, 0.5) is 0 Å². The highest BCUT2D eigenvalue weighted by Gasteiger charge is 2.06. The van der Waals surface area contributed by atoms with E-state index in [-0.39, 0.29) is 0 Å². The Kier molecular flexibility index (Phi) is 2.41. The molecule has 6 heteroatoms. The third kappa shape index (κ3) is 4.73. The van der Waals surface area contributed by atoms with Crippen LogP contribution < -0.4 is 11.0 Å². The zero-order valence-corrected chi connectivity index (χ0v) is 5.10. The van der Waals surface area contributed by atoms with Crippen LogP contribution in [0.25, 0.3) is 0 Å². The molecule has 38 valence electrons. The predicted octanol–water partition coefficient (Wildman–Crippen LogP) is 1.04. The lowest BCUT2D eigenvalue weighted by molar-refractivity contribution is 0.586. The Morgan fingerprint density at radius 3 is 1.83 bits per heavy atom. The molecule has 0 aromatic rings. The second-order valence-corrected chi connectivity index (χ2v) is 5.15. The van der Waals surface area contributed by atoms with Crippen LogP contribution in [-0.2, 0) is 4.57 Å². The van der Waals surface area contributed by atoms with E-state index in [0.29, 0.717) is 0 Å². The number of hydrogen-bond acceptors (Lipinski definition) is 2. The minimum atomic E-state index is -3.17. The molecule has 3 N–H and O–H groups in total. The SMILES string of the molecule is NNP(=O)(Cl)Cl. The van der Waals surface area contributed by atoms with Gasteiger partial charge in [0.25, 0.3) is 0 Å². The lowest BCUT2D eigenvalue weighted by Gasteiger charge is -1.91. The molecule has 0 spiro atoms. The molecule has 0 atom stereocenters. The van der Waals surface area contributed by atoms with Crippen LogP contribution in [0.15, 0.2) is 0 Å². The normalized spacial score (nSPS) is 11.8. The van der Waals surface area contributed by atoms with Crippen LogP contribution in [0.2, 0.25) is 0 Å². The van der Waals surface area contributed by atoms with Crippen molar-refractivity contribution in [2.75, 3.05) is 0 Å². The predicted molar refractivity (Wildman–Crippen MR) is 26.6 cm³/mol. The number of halogens is 2. The molecule has 0 amide bonds. The summed E-state index contributed by atoms with van der Waals surface area (Å²) in [7, 11) is 0. The first-order chi connectivity index (χ1) is 2.56. The quantitative estimate of drug-likeness (QED) is 0.332. The van der Waals surface area contributed by atoms with Crippen molar-refractivity contribution in [3.63, 3.8) is 0 Å². The smallest absolute Gasteiger partial charge is 0.270 e. The van der Waals surface area contributed by atoms with Gasteiger partial charge in [-0.15, -0.1) is 0 Å². The lowest BCUT2D eigenvalue weighted by Crippen LogP contribution is -2.12. The van der Waals surface area contributed by atoms with Gasteiger partial charge in [-0.05, 0) is 22.5 Å². The molecular formula is H3Cl2N2OP. The van der Waals surface area contributed by atoms with Gasteiger partial charge in [0.05, 0.1) is 0 Å². The molecule has 0 aliphatic carbocycles. The standard InChI is InChI=1S/Cl2H3N2OP/c1-6(2,5)4-3/h3H2,(H,4,5). The van der Waals surface area contributed by atoms with Crippen molar-refractivity contribution >= 4 is 28.5 Å². The van der Waals surface area contributed by atoms with E-state index in [1.54, 1.807) is 5.20 Å². The van der Waals surface area contributed by atoms with Crippen molar-refractivity contribution in [2.24, 2.45) is 5.84 Å². The maximum Gasteiger partial charge on any atom is 0.332 e. The van der Waals surface area contributed by atoms with E-state index in [1.165, 1.54) is 0 Å². The summed E-state index contributed by atoms with van der Waals surface area (Å²) >= 11 is 9.60. The molecule has 0 heterocycles. The molecule has 0 saturated heterocycles. The van der Waals surface area contributed by atoms with Crippen LogP contribution in [-0.4, -0.2) is 0 Å². The third-order valence-electron chi connectivity index (χ3n) is 0.150. The van der Waals surface area contributed by atoms with Crippen molar-refractivity contribution in [1.82, 2.24) is 5.20 Å². The van der Waals surface area contributed by atoms with Gasteiger partial charge in [-0.3, -0.25) is 10.4 Å². The Labute approximate surface area is 44.8 Å². The van der Waals surface area contributed by atoms with Gasteiger partial charge in [-0.2, -0.15) is 5.20 Å². The van der Waals surface area contributed by atoms with Crippen molar-refractivity contribution in [1.29, 1.82) is 0 Å². The first-order valence-electron chi connectivity index (χ1n) is 1.03. The lowest BCUT2D eigenvalue weighted by atomic mass is 13.0. The third-order valence-corrected chi connectivity index (χ3v) is 1.04. The van der Waals surface area contributed by atoms with E-state index in [4.69, 9.17) is 22.5 Å². The zero-order valence-electron chi connectivity index (χ0n) is 2.69. The van der Waals surface area contributed by atoms with E-state index in [9.17, 15) is 4.57 Å². The molecule has 3 nitrogen and oxygen atoms in total. The van der Waals surface area contributed by atoms with Gasteiger partial charge in [0.2, 0.25) is 0 Å². The Hall–Kier alpha value is 0.730. The van der Waals surface area contributed by atoms with E-state index >= 15 is 0 Å². The molecule has 0 radical (unpaired) electrons.